The van der Waals surface area contributed by atoms with Crippen LogP contribution >= 0.6 is 0 Å². The highest BCUT2D eigenvalue weighted by molar-refractivity contribution is 7.92. The Hall–Kier alpha value is -3.85. The summed E-state index contributed by atoms with van der Waals surface area (Å²) in [7, 11) is -2.74. The molecule has 0 fully saturated rings. The molecule has 0 radical (unpaired) electrons. The van der Waals surface area contributed by atoms with E-state index in [9.17, 15) is 18.0 Å². The Balaban J connectivity index is 2.13. The van der Waals surface area contributed by atoms with Gasteiger partial charge in [-0.2, -0.15) is 0 Å². The van der Waals surface area contributed by atoms with Gasteiger partial charge in [0.15, 0.2) is 0 Å². The molecule has 0 unspecified atom stereocenters. The van der Waals surface area contributed by atoms with E-state index >= 15 is 0 Å². The molecule has 3 rings (SSSR count). The van der Waals surface area contributed by atoms with Gasteiger partial charge in [-0.25, -0.2) is 8.42 Å². The third-order valence-electron chi connectivity index (χ3n) is 6.57. The van der Waals surface area contributed by atoms with E-state index < -0.39 is 34.1 Å². The molecule has 1 N–H and O–H groups in total. The van der Waals surface area contributed by atoms with Gasteiger partial charge in [0.1, 0.15) is 18.3 Å². The first-order chi connectivity index (χ1) is 19.3. The van der Waals surface area contributed by atoms with Crippen LogP contribution in [-0.2, 0) is 26.2 Å². The molecule has 41 heavy (non-hydrogen) atoms. The number of ether oxygens (including phenoxy) is 1. The maximum Gasteiger partial charge on any atom is 0.264 e. The summed E-state index contributed by atoms with van der Waals surface area (Å²) in [5.74, 6) is -0.499. The van der Waals surface area contributed by atoms with Crippen LogP contribution < -0.4 is 14.4 Å². The number of aryl methyl sites for hydroxylation is 2. The summed E-state index contributed by atoms with van der Waals surface area (Å²) in [5.41, 5.74) is 2.26. The van der Waals surface area contributed by atoms with Crippen molar-refractivity contribution in [3.8, 4) is 5.75 Å². The molecule has 2 amide bonds. The smallest absolute Gasteiger partial charge is 0.264 e. The Morgan fingerprint density at radius 2 is 1.54 bits per heavy atom. The highest BCUT2D eigenvalue weighted by Crippen LogP contribution is 2.34. The summed E-state index contributed by atoms with van der Waals surface area (Å²) in [6.07, 6.45) is 0.346. The molecule has 0 aliphatic heterocycles. The molecule has 0 saturated heterocycles. The molecule has 1 atom stereocenters. The average molecular weight is 580 g/mol. The van der Waals surface area contributed by atoms with Gasteiger partial charge in [-0.1, -0.05) is 61.0 Å². The number of carbonyl (C=O) groups excluding carboxylic acids is 2. The first-order valence-electron chi connectivity index (χ1n) is 13.7. The van der Waals surface area contributed by atoms with Crippen LogP contribution in [0.2, 0.25) is 0 Å². The molecule has 220 valence electrons. The number of carbonyl (C=O) groups is 2. The molecule has 0 heterocycles. The van der Waals surface area contributed by atoms with Gasteiger partial charge in [0.2, 0.25) is 11.8 Å². The topological polar surface area (TPSA) is 96.0 Å². The van der Waals surface area contributed by atoms with Crippen molar-refractivity contribution < 1.29 is 22.7 Å². The van der Waals surface area contributed by atoms with Crippen molar-refractivity contribution in [3.63, 3.8) is 0 Å². The fourth-order valence-corrected chi connectivity index (χ4v) is 5.91. The lowest BCUT2D eigenvalue weighted by molar-refractivity contribution is -0.141. The van der Waals surface area contributed by atoms with Crippen molar-refractivity contribution in [1.82, 2.24) is 10.2 Å². The van der Waals surface area contributed by atoms with E-state index in [1.807, 2.05) is 77.9 Å². The van der Waals surface area contributed by atoms with E-state index in [1.54, 1.807) is 24.3 Å². The predicted octanol–water partition coefficient (Wildman–Crippen LogP) is 5.23. The highest BCUT2D eigenvalue weighted by Gasteiger charge is 2.35. The van der Waals surface area contributed by atoms with Gasteiger partial charge >= 0.3 is 0 Å². The number of nitrogens with one attached hydrogen (secondary N) is 1. The van der Waals surface area contributed by atoms with Gasteiger partial charge in [-0.3, -0.25) is 13.9 Å². The van der Waals surface area contributed by atoms with Crippen LogP contribution in [0.4, 0.5) is 5.69 Å². The lowest BCUT2D eigenvalue weighted by Crippen LogP contribution is -2.55. The van der Waals surface area contributed by atoms with Crippen molar-refractivity contribution in [2.45, 2.75) is 71.0 Å². The van der Waals surface area contributed by atoms with Crippen molar-refractivity contribution in [2.24, 2.45) is 0 Å². The monoisotopic (exact) mass is 579 g/mol. The van der Waals surface area contributed by atoms with Crippen LogP contribution in [0.5, 0.6) is 5.75 Å². The van der Waals surface area contributed by atoms with E-state index in [0.717, 1.165) is 21.0 Å². The number of hydrogen-bond donors (Lipinski definition) is 1. The number of nitrogens with zero attached hydrogens (tertiary/aromatic N) is 2. The average Bonchev–Trinajstić information content (AvgIpc) is 2.91. The Morgan fingerprint density at radius 3 is 2.10 bits per heavy atom. The van der Waals surface area contributed by atoms with Crippen LogP contribution in [0.25, 0.3) is 0 Å². The van der Waals surface area contributed by atoms with Gasteiger partial charge < -0.3 is 15.0 Å². The quantitative estimate of drug-likeness (QED) is 0.336. The zero-order chi connectivity index (χ0) is 30.4. The zero-order valence-electron chi connectivity index (χ0n) is 25.0. The molecule has 3 aromatic rings. The lowest BCUT2D eigenvalue weighted by atomic mass is 10.1. The second-order valence-electron chi connectivity index (χ2n) is 11.2. The summed E-state index contributed by atoms with van der Waals surface area (Å²) in [5, 5.41) is 2.98. The molecular weight excluding hydrogens is 538 g/mol. The maximum atomic E-state index is 14.2. The molecule has 0 aliphatic rings. The van der Waals surface area contributed by atoms with Gasteiger partial charge in [0, 0.05) is 12.1 Å². The molecule has 9 heteroatoms. The first kappa shape index (κ1) is 31.7. The number of sulfonamides is 1. The third-order valence-corrected chi connectivity index (χ3v) is 8.34. The molecule has 0 aliphatic carbocycles. The van der Waals surface area contributed by atoms with Gasteiger partial charge in [-0.05, 0) is 76.4 Å². The predicted molar refractivity (Wildman–Crippen MR) is 162 cm³/mol. The van der Waals surface area contributed by atoms with Gasteiger partial charge in [-0.15, -0.1) is 0 Å². The van der Waals surface area contributed by atoms with E-state index in [4.69, 9.17) is 4.74 Å². The molecule has 0 spiro atoms. The summed E-state index contributed by atoms with van der Waals surface area (Å²) in [6, 6.07) is 20.2. The number of hydrogen-bond acceptors (Lipinski definition) is 5. The molecule has 0 aromatic heterocycles. The SMILES string of the molecule is CC[C@@H](C(=O)NC(C)(C)C)N(Cc1ccccc1)C(=O)CN(c1cc(C)ccc1OC)S(=O)(=O)c1ccc(C)cc1. The van der Waals surface area contributed by atoms with E-state index in [0.29, 0.717) is 12.2 Å². The normalized spacial score (nSPS) is 12.4. The number of rotatable bonds is 11. The van der Waals surface area contributed by atoms with E-state index in [2.05, 4.69) is 5.32 Å². The molecule has 3 aromatic carbocycles. The Bertz CT molecular complexity index is 1450. The Morgan fingerprint density at radius 1 is 0.927 bits per heavy atom. The van der Waals surface area contributed by atoms with Crippen LogP contribution in [0.15, 0.2) is 77.7 Å². The third kappa shape index (κ3) is 8.10. The molecule has 8 nitrogen and oxygen atoms in total. The first-order valence-corrected chi connectivity index (χ1v) is 15.1. The number of benzene rings is 3. The van der Waals surface area contributed by atoms with Crippen LogP contribution in [-0.4, -0.2) is 50.4 Å². The second kappa shape index (κ2) is 13.2. The summed E-state index contributed by atoms with van der Waals surface area (Å²) in [6.45, 7) is 10.8. The zero-order valence-corrected chi connectivity index (χ0v) is 25.8. The molecule has 0 saturated carbocycles. The lowest BCUT2D eigenvalue weighted by Gasteiger charge is -2.35. The van der Waals surface area contributed by atoms with Gasteiger partial charge in [0.25, 0.3) is 10.0 Å². The minimum Gasteiger partial charge on any atom is -0.495 e. The van der Waals surface area contributed by atoms with Crippen molar-refractivity contribution in [3.05, 3.63) is 89.5 Å². The molecular formula is C32H41N3O5S. The van der Waals surface area contributed by atoms with Crippen molar-refractivity contribution >= 4 is 27.5 Å². The largest absolute Gasteiger partial charge is 0.495 e. The maximum absolute atomic E-state index is 14.2. The number of anilines is 1. The number of amides is 2. The van der Waals surface area contributed by atoms with Gasteiger partial charge in [0.05, 0.1) is 17.7 Å². The van der Waals surface area contributed by atoms with Crippen LogP contribution in [0.1, 0.15) is 50.8 Å². The van der Waals surface area contributed by atoms with Crippen LogP contribution in [0.3, 0.4) is 0 Å². The van der Waals surface area contributed by atoms with E-state index in [-0.39, 0.29) is 23.0 Å². The van der Waals surface area contributed by atoms with E-state index in [1.165, 1.54) is 24.1 Å². The summed E-state index contributed by atoms with van der Waals surface area (Å²) >= 11 is 0. The minimum absolute atomic E-state index is 0.0478. The van der Waals surface area contributed by atoms with Crippen LogP contribution in [0, 0.1) is 13.8 Å². The Kier molecular flexibility index (Phi) is 10.2. The number of methoxy groups -OCH3 is 1. The Labute approximate surface area is 244 Å². The summed E-state index contributed by atoms with van der Waals surface area (Å²) in [4.78, 5) is 29.2. The van der Waals surface area contributed by atoms with Crippen molar-refractivity contribution in [1.29, 1.82) is 0 Å². The standard InChI is InChI=1S/C32H41N3O5S/c1-8-27(31(37)33-32(4,5)6)34(21-25-12-10-9-11-13-25)30(36)22-35(28-20-24(3)16-19-29(28)40-7)41(38,39)26-17-14-23(2)15-18-26/h9-20,27H,8,21-22H2,1-7H3,(H,33,37)/t27-/m0/s1. The summed E-state index contributed by atoms with van der Waals surface area (Å²) < 4.78 is 34.9. The molecule has 0 bridgehead atoms. The van der Waals surface area contributed by atoms with Crippen molar-refractivity contribution in [2.75, 3.05) is 18.0 Å². The fraction of sp³-hybridized carbons (Fsp3) is 0.375. The second-order valence-corrected chi connectivity index (χ2v) is 13.0. The fourth-order valence-electron chi connectivity index (χ4n) is 4.50. The highest BCUT2D eigenvalue weighted by atomic mass is 32.2. The minimum atomic E-state index is -4.20.